The van der Waals surface area contributed by atoms with Crippen molar-refractivity contribution in [2.75, 3.05) is 51.2 Å². The summed E-state index contributed by atoms with van der Waals surface area (Å²) < 4.78 is 53.9. The van der Waals surface area contributed by atoms with Crippen LogP contribution >= 0.6 is 0 Å². The number of nitrogens with one attached hydrogen (secondary N) is 1. The second-order valence-corrected chi connectivity index (χ2v) is 24.1. The molecule has 0 unspecified atom stereocenters. The summed E-state index contributed by atoms with van der Waals surface area (Å²) in [4.78, 5) is 27.3. The van der Waals surface area contributed by atoms with E-state index in [-0.39, 0.29) is 51.2 Å². The van der Waals surface area contributed by atoms with Crippen molar-refractivity contribution in [3.05, 3.63) is 35.5 Å². The van der Waals surface area contributed by atoms with Crippen molar-refractivity contribution in [2.45, 2.75) is 144 Å². The van der Waals surface area contributed by atoms with Gasteiger partial charge in [0.2, 0.25) is 6.79 Å². The molecule has 1 heterocycles. The van der Waals surface area contributed by atoms with Crippen LogP contribution in [0.2, 0.25) is 0 Å². The van der Waals surface area contributed by atoms with E-state index >= 15 is 0 Å². The lowest BCUT2D eigenvalue weighted by Gasteiger charge is -2.72. The van der Waals surface area contributed by atoms with Gasteiger partial charge in [0.15, 0.2) is 9.84 Å². The highest BCUT2D eigenvalue weighted by Gasteiger charge is 2.70. The zero-order valence-electron chi connectivity index (χ0n) is 37.6. The Balaban J connectivity index is 1.07. The van der Waals surface area contributed by atoms with Gasteiger partial charge in [-0.1, -0.05) is 58.9 Å². The fourth-order valence-corrected chi connectivity index (χ4v) is 16.3. The molecule has 7 aliphatic rings. The molecule has 0 aromatic carbocycles. The molecule has 11 heteroatoms. The Morgan fingerprint density at radius 1 is 0.915 bits per heavy atom. The van der Waals surface area contributed by atoms with E-state index < -0.39 is 40.8 Å². The first-order valence-electron chi connectivity index (χ1n) is 23.0. The molecular formula is C48H75FN2O7S. The van der Waals surface area contributed by atoms with Gasteiger partial charge in [-0.05, 0) is 160 Å². The topological polar surface area (TPSA) is 111 Å². The van der Waals surface area contributed by atoms with Crippen molar-refractivity contribution in [1.29, 1.82) is 0 Å². The summed E-state index contributed by atoms with van der Waals surface area (Å²) in [6.45, 7) is 24.8. The number of nitrogens with zero attached hydrogens (tertiary/aromatic N) is 1. The minimum atomic E-state index is -2.89. The van der Waals surface area contributed by atoms with Crippen molar-refractivity contribution < 1.29 is 36.6 Å². The molecule has 0 spiro atoms. The van der Waals surface area contributed by atoms with Gasteiger partial charge in [0.25, 0.3) is 0 Å². The second kappa shape index (κ2) is 16.1. The number of ether oxygens (including phenoxy) is 3. The smallest absolute Gasteiger partial charge is 0.431 e. The lowest BCUT2D eigenvalue weighted by atomic mass is 9.33. The minimum Gasteiger partial charge on any atom is -0.431 e. The van der Waals surface area contributed by atoms with Crippen LogP contribution in [0.4, 0.5) is 9.18 Å². The fraction of sp³-hybridized carbons (Fsp3) is 0.833. The van der Waals surface area contributed by atoms with E-state index in [2.05, 4.69) is 70.5 Å². The maximum Gasteiger partial charge on any atom is 0.511 e. The summed E-state index contributed by atoms with van der Waals surface area (Å²) in [7, 11) is -2.89. The first-order valence-corrected chi connectivity index (χ1v) is 24.8. The molecule has 0 aromatic rings. The number of sulfone groups is 1. The number of allylic oxidation sites excluding steroid dienone is 5. The summed E-state index contributed by atoms with van der Waals surface area (Å²) in [6.07, 6.45) is 15.4. The number of rotatable bonds is 11. The van der Waals surface area contributed by atoms with Crippen LogP contribution in [0.15, 0.2) is 35.5 Å². The molecule has 0 radical (unpaired) electrons. The summed E-state index contributed by atoms with van der Waals surface area (Å²) >= 11 is 0. The van der Waals surface area contributed by atoms with Gasteiger partial charge in [0.05, 0.1) is 17.6 Å². The maximum absolute atomic E-state index is 14.7. The van der Waals surface area contributed by atoms with Crippen LogP contribution in [-0.2, 0) is 28.8 Å². The SMILES string of the molecule is C=C(C)[C@@H]1CC[C@]2(NCCN3CCS(=O)(=O)CC3)CC[C@]3(C)[C@H](CC[C@@H]4[C@@]5(C)CC=C(C6=CC[C@@](CF)(C(=O)OCOC(=O)OC(C)C)CC6)C(C)(C)[C@@H]5CC[C@]43C)[C@@H]12. The summed E-state index contributed by atoms with van der Waals surface area (Å²) in [5.41, 5.74) is 3.32. The maximum atomic E-state index is 14.7. The van der Waals surface area contributed by atoms with Gasteiger partial charge < -0.3 is 24.4 Å². The first kappa shape index (κ1) is 44.8. The van der Waals surface area contributed by atoms with Gasteiger partial charge in [0.1, 0.15) is 12.1 Å². The zero-order chi connectivity index (χ0) is 42.8. The van der Waals surface area contributed by atoms with Gasteiger partial charge in [-0.2, -0.15) is 0 Å². The normalized spacial score (nSPS) is 41.3. The Kier molecular flexibility index (Phi) is 12.3. The molecule has 6 aliphatic carbocycles. The third kappa shape index (κ3) is 7.69. The predicted molar refractivity (Wildman–Crippen MR) is 230 cm³/mol. The predicted octanol–water partition coefficient (Wildman–Crippen LogP) is 9.38. The number of fused-ring (bicyclic) bond motifs is 7. The summed E-state index contributed by atoms with van der Waals surface area (Å²) in [5.74, 6) is 2.74. The Morgan fingerprint density at radius 2 is 1.64 bits per heavy atom. The Hall–Kier alpha value is -2.24. The number of carbonyl (C=O) groups is 2. The van der Waals surface area contributed by atoms with Crippen molar-refractivity contribution in [3.8, 4) is 0 Å². The first-order chi connectivity index (χ1) is 27.7. The standard InChI is InChI=1S/C48H75FN2O7S/c1-32(2)35-14-21-48(50-24-25-51-26-28-59(54,55)29-27-51)23-22-45(8)37(40(35)48)10-11-39-44(7)17-15-36(43(5,6)38(44)16-18-46(39,45)9)34-12-19-47(30-49,20-13-34)41(52)56-31-57-42(53)58-33(3)4/h12,15,33,35,37-40,50H,1,10-11,13-14,16-31H2,2-9H3/t35-,37+,38-,39+,40+,44-,45+,46+,47+,48-/m0/s1. The molecule has 59 heavy (non-hydrogen) atoms. The highest BCUT2D eigenvalue weighted by molar-refractivity contribution is 7.91. The molecule has 7 rings (SSSR count). The quantitative estimate of drug-likeness (QED) is 0.124. The molecule has 1 aliphatic heterocycles. The van der Waals surface area contributed by atoms with Gasteiger partial charge in [-0.15, -0.1) is 0 Å². The highest BCUT2D eigenvalue weighted by atomic mass is 32.2. The fourth-order valence-electron chi connectivity index (χ4n) is 15.1. The number of halogens is 1. The molecule has 0 bridgehead atoms. The number of hydrogen-bond donors (Lipinski definition) is 1. The number of esters is 1. The average Bonchev–Trinajstić information content (AvgIpc) is 3.55. The van der Waals surface area contributed by atoms with Crippen LogP contribution in [0.5, 0.6) is 0 Å². The average molecular weight is 843 g/mol. The van der Waals surface area contributed by atoms with Crippen LogP contribution in [-0.4, -0.2) is 88.2 Å². The van der Waals surface area contributed by atoms with Gasteiger partial charge in [0, 0.05) is 31.7 Å². The number of alkyl halides is 1. The van der Waals surface area contributed by atoms with E-state index in [0.29, 0.717) is 55.5 Å². The molecule has 332 valence electrons. The van der Waals surface area contributed by atoms with E-state index in [1.54, 1.807) is 13.8 Å². The highest BCUT2D eigenvalue weighted by Crippen LogP contribution is 2.76. The molecular weight excluding hydrogens is 768 g/mol. The van der Waals surface area contributed by atoms with Crippen LogP contribution in [0.3, 0.4) is 0 Å². The van der Waals surface area contributed by atoms with Crippen molar-refractivity contribution in [3.63, 3.8) is 0 Å². The lowest BCUT2D eigenvalue weighted by Crippen LogP contribution is -2.68. The lowest BCUT2D eigenvalue weighted by molar-refractivity contribution is -0.221. The molecule has 4 saturated carbocycles. The van der Waals surface area contributed by atoms with Gasteiger partial charge in [-0.3, -0.25) is 4.79 Å². The van der Waals surface area contributed by atoms with Crippen LogP contribution < -0.4 is 5.32 Å². The number of carbonyl (C=O) groups excluding carboxylic acids is 2. The van der Waals surface area contributed by atoms with Gasteiger partial charge >= 0.3 is 12.1 Å². The van der Waals surface area contributed by atoms with Crippen LogP contribution in [0, 0.1) is 56.7 Å². The van der Waals surface area contributed by atoms with Crippen LogP contribution in [0.1, 0.15) is 132 Å². The third-order valence-electron chi connectivity index (χ3n) is 18.3. The second-order valence-electron chi connectivity index (χ2n) is 21.8. The van der Waals surface area contributed by atoms with Crippen molar-refractivity contribution >= 4 is 22.0 Å². The molecule has 9 nitrogen and oxygen atoms in total. The largest absolute Gasteiger partial charge is 0.511 e. The van der Waals surface area contributed by atoms with E-state index in [4.69, 9.17) is 14.2 Å². The third-order valence-corrected chi connectivity index (χ3v) is 19.9. The van der Waals surface area contributed by atoms with E-state index in [1.807, 2.05) is 0 Å². The molecule has 0 amide bonds. The molecule has 1 saturated heterocycles. The van der Waals surface area contributed by atoms with E-state index in [0.717, 1.165) is 19.5 Å². The van der Waals surface area contributed by atoms with Gasteiger partial charge in [-0.25, -0.2) is 17.6 Å². The van der Waals surface area contributed by atoms with E-state index in [1.165, 1.54) is 68.1 Å². The minimum absolute atomic E-state index is 0.0700. The molecule has 0 aromatic heterocycles. The number of hydrogen-bond acceptors (Lipinski definition) is 9. The molecule has 10 atom stereocenters. The Morgan fingerprint density at radius 3 is 2.29 bits per heavy atom. The van der Waals surface area contributed by atoms with Crippen molar-refractivity contribution in [2.24, 2.45) is 56.7 Å². The van der Waals surface area contributed by atoms with E-state index in [9.17, 15) is 22.4 Å². The Labute approximate surface area is 355 Å². The molecule has 5 fully saturated rings. The Bertz CT molecular complexity index is 1810. The van der Waals surface area contributed by atoms with Crippen molar-refractivity contribution in [1.82, 2.24) is 10.2 Å². The zero-order valence-corrected chi connectivity index (χ0v) is 38.4. The monoisotopic (exact) mass is 843 g/mol. The summed E-state index contributed by atoms with van der Waals surface area (Å²) in [5, 5.41) is 4.20. The van der Waals surface area contributed by atoms with Crippen LogP contribution in [0.25, 0.3) is 0 Å². The summed E-state index contributed by atoms with van der Waals surface area (Å²) in [6, 6.07) is 0. The molecule has 1 N–H and O–H groups in total.